The van der Waals surface area contributed by atoms with Crippen molar-refractivity contribution in [1.29, 1.82) is 0 Å². The fourth-order valence-corrected chi connectivity index (χ4v) is 3.25. The van der Waals surface area contributed by atoms with Crippen LogP contribution in [-0.4, -0.2) is 27.6 Å². The molecule has 1 aromatic carbocycles. The fourth-order valence-electron chi connectivity index (χ4n) is 3.25. The largest absolute Gasteiger partial charge is 0.293 e. The molecule has 3 aromatic rings. The summed E-state index contributed by atoms with van der Waals surface area (Å²) in [6.07, 6.45) is 4.23. The zero-order chi connectivity index (χ0) is 18.1. The number of hydrogen-bond acceptors (Lipinski definition) is 3. The summed E-state index contributed by atoms with van der Waals surface area (Å²) in [7, 11) is 0. The van der Waals surface area contributed by atoms with E-state index in [-0.39, 0.29) is 29.2 Å². The van der Waals surface area contributed by atoms with Crippen LogP contribution in [0, 0.1) is 17.6 Å². The van der Waals surface area contributed by atoms with Crippen molar-refractivity contribution in [2.75, 3.05) is 11.4 Å². The number of nitrogens with one attached hydrogen (secondary N) is 1. The lowest BCUT2D eigenvalue weighted by Gasteiger charge is -2.14. The molecular formula is C19H16F2N4O. The number of amides is 1. The van der Waals surface area contributed by atoms with Gasteiger partial charge in [0.1, 0.15) is 11.5 Å². The van der Waals surface area contributed by atoms with Gasteiger partial charge >= 0.3 is 0 Å². The summed E-state index contributed by atoms with van der Waals surface area (Å²) in [5.74, 6) is -1.27. The molecule has 1 fully saturated rings. The van der Waals surface area contributed by atoms with Crippen molar-refractivity contribution in [3.05, 3.63) is 66.0 Å². The highest BCUT2D eigenvalue weighted by molar-refractivity contribution is 5.97. The highest BCUT2D eigenvalue weighted by atomic mass is 19.1. The summed E-state index contributed by atoms with van der Waals surface area (Å²) in [4.78, 5) is 18.0. The van der Waals surface area contributed by atoms with Gasteiger partial charge in [-0.2, -0.15) is 5.10 Å². The van der Waals surface area contributed by atoms with E-state index in [2.05, 4.69) is 15.2 Å². The highest BCUT2D eigenvalue weighted by Crippen LogP contribution is 2.32. The lowest BCUT2D eigenvalue weighted by Crippen LogP contribution is -2.28. The van der Waals surface area contributed by atoms with Crippen molar-refractivity contribution in [3.63, 3.8) is 0 Å². The van der Waals surface area contributed by atoms with Crippen LogP contribution in [0.2, 0.25) is 0 Å². The number of aromatic amines is 1. The molecule has 132 valence electrons. The molecule has 5 nitrogen and oxygen atoms in total. The monoisotopic (exact) mass is 354 g/mol. The number of aromatic nitrogens is 3. The number of halogens is 2. The van der Waals surface area contributed by atoms with Crippen LogP contribution in [0.25, 0.3) is 11.3 Å². The molecule has 2 aromatic heterocycles. The Morgan fingerprint density at radius 3 is 2.58 bits per heavy atom. The third kappa shape index (κ3) is 2.96. The minimum Gasteiger partial charge on any atom is -0.293 e. The molecule has 7 heteroatoms. The van der Waals surface area contributed by atoms with E-state index in [4.69, 9.17) is 0 Å². The third-order valence-corrected chi connectivity index (χ3v) is 4.63. The molecule has 0 bridgehead atoms. The van der Waals surface area contributed by atoms with Crippen LogP contribution in [0.4, 0.5) is 14.6 Å². The van der Waals surface area contributed by atoms with Gasteiger partial charge in [-0.1, -0.05) is 12.1 Å². The number of carbonyl (C=O) groups is 1. The van der Waals surface area contributed by atoms with Crippen LogP contribution in [0.3, 0.4) is 0 Å². The standard InChI is InChI=1S/C19H16F2N4O/c20-15-3-1-12(2-4-15)11-14-7-10-25(19(14)26)18-16(21)17(23-24-18)13-5-8-22-9-6-13/h1-6,8-9,14H,7,10-11H2,(H,23,24). The molecule has 3 heterocycles. The highest BCUT2D eigenvalue weighted by Gasteiger charge is 2.36. The van der Waals surface area contributed by atoms with Crippen LogP contribution in [-0.2, 0) is 11.2 Å². The Labute approximate surface area is 148 Å². The molecule has 1 atom stereocenters. The van der Waals surface area contributed by atoms with Crippen LogP contribution in [0.1, 0.15) is 12.0 Å². The molecule has 4 rings (SSSR count). The molecule has 1 unspecified atom stereocenters. The molecule has 1 aliphatic rings. The first-order chi connectivity index (χ1) is 12.6. The Bertz CT molecular complexity index is 924. The Morgan fingerprint density at radius 1 is 1.12 bits per heavy atom. The van der Waals surface area contributed by atoms with Gasteiger partial charge in [0, 0.05) is 30.4 Å². The number of hydrogen-bond donors (Lipinski definition) is 1. The lowest BCUT2D eigenvalue weighted by molar-refractivity contribution is -0.120. The number of anilines is 1. The van der Waals surface area contributed by atoms with Crippen LogP contribution in [0.5, 0.6) is 0 Å². The molecule has 26 heavy (non-hydrogen) atoms. The first kappa shape index (κ1) is 16.4. The van der Waals surface area contributed by atoms with Gasteiger partial charge in [0.2, 0.25) is 5.91 Å². The zero-order valence-corrected chi connectivity index (χ0v) is 13.8. The predicted octanol–water partition coefficient (Wildman–Crippen LogP) is 3.35. The second kappa shape index (κ2) is 6.67. The number of benzene rings is 1. The maximum Gasteiger partial charge on any atom is 0.231 e. The van der Waals surface area contributed by atoms with E-state index in [1.54, 1.807) is 36.7 Å². The Kier molecular flexibility index (Phi) is 4.20. The Morgan fingerprint density at radius 2 is 1.85 bits per heavy atom. The minimum atomic E-state index is -0.549. The third-order valence-electron chi connectivity index (χ3n) is 4.63. The molecule has 0 radical (unpaired) electrons. The van der Waals surface area contributed by atoms with Gasteiger partial charge in [0.15, 0.2) is 11.6 Å². The molecule has 1 N–H and O–H groups in total. The van der Waals surface area contributed by atoms with Gasteiger partial charge in [-0.3, -0.25) is 19.8 Å². The summed E-state index contributed by atoms with van der Waals surface area (Å²) in [6, 6.07) is 9.43. The molecule has 0 spiro atoms. The molecule has 1 amide bonds. The summed E-state index contributed by atoms with van der Waals surface area (Å²) in [6.45, 7) is 0.405. The van der Waals surface area contributed by atoms with Crippen molar-refractivity contribution in [3.8, 4) is 11.3 Å². The van der Waals surface area contributed by atoms with E-state index in [0.29, 0.717) is 24.9 Å². The first-order valence-electron chi connectivity index (χ1n) is 8.33. The summed E-state index contributed by atoms with van der Waals surface area (Å²) in [5, 5.41) is 6.68. The van der Waals surface area contributed by atoms with Gasteiger partial charge in [-0.05, 0) is 42.7 Å². The quantitative estimate of drug-likeness (QED) is 0.782. The number of rotatable bonds is 4. The fraction of sp³-hybridized carbons (Fsp3) is 0.211. The molecular weight excluding hydrogens is 338 g/mol. The second-order valence-electron chi connectivity index (χ2n) is 6.28. The predicted molar refractivity (Wildman–Crippen MR) is 92.3 cm³/mol. The number of H-pyrrole nitrogens is 1. The van der Waals surface area contributed by atoms with E-state index in [1.165, 1.54) is 17.0 Å². The average Bonchev–Trinajstić information content (AvgIpc) is 3.21. The average molecular weight is 354 g/mol. The molecule has 1 aliphatic heterocycles. The van der Waals surface area contributed by atoms with Gasteiger partial charge in [-0.15, -0.1) is 0 Å². The summed E-state index contributed by atoms with van der Waals surface area (Å²) < 4.78 is 27.8. The van der Waals surface area contributed by atoms with Crippen molar-refractivity contribution >= 4 is 11.7 Å². The van der Waals surface area contributed by atoms with Crippen LogP contribution >= 0.6 is 0 Å². The van der Waals surface area contributed by atoms with E-state index in [9.17, 15) is 13.6 Å². The Hall–Kier alpha value is -3.09. The van der Waals surface area contributed by atoms with Crippen molar-refractivity contribution < 1.29 is 13.6 Å². The van der Waals surface area contributed by atoms with Crippen molar-refractivity contribution in [2.24, 2.45) is 5.92 Å². The lowest BCUT2D eigenvalue weighted by atomic mass is 9.98. The van der Waals surface area contributed by atoms with Crippen LogP contribution in [0.15, 0.2) is 48.8 Å². The molecule has 0 aliphatic carbocycles. The second-order valence-corrected chi connectivity index (χ2v) is 6.28. The Balaban J connectivity index is 1.53. The minimum absolute atomic E-state index is 0.0171. The van der Waals surface area contributed by atoms with E-state index in [0.717, 1.165) is 5.56 Å². The van der Waals surface area contributed by atoms with E-state index < -0.39 is 5.82 Å². The zero-order valence-electron chi connectivity index (χ0n) is 13.8. The van der Waals surface area contributed by atoms with Crippen LogP contribution < -0.4 is 4.90 Å². The van der Waals surface area contributed by atoms with Crippen molar-refractivity contribution in [1.82, 2.24) is 15.2 Å². The molecule has 0 saturated carbocycles. The summed E-state index contributed by atoms with van der Waals surface area (Å²) >= 11 is 0. The first-order valence-corrected chi connectivity index (χ1v) is 8.33. The number of nitrogens with zero attached hydrogens (tertiary/aromatic N) is 3. The van der Waals surface area contributed by atoms with E-state index >= 15 is 0 Å². The van der Waals surface area contributed by atoms with E-state index in [1.807, 2.05) is 0 Å². The smallest absolute Gasteiger partial charge is 0.231 e. The van der Waals surface area contributed by atoms with Crippen molar-refractivity contribution in [2.45, 2.75) is 12.8 Å². The summed E-state index contributed by atoms with van der Waals surface area (Å²) in [5.41, 5.74) is 1.73. The number of carbonyl (C=O) groups excluding carboxylic acids is 1. The number of pyridine rings is 1. The van der Waals surface area contributed by atoms with Gasteiger partial charge in [0.05, 0.1) is 0 Å². The normalized spacial score (nSPS) is 17.1. The SMILES string of the molecule is O=C1C(Cc2ccc(F)cc2)CCN1c1n[nH]c(-c2ccncc2)c1F. The van der Waals surface area contributed by atoms with Gasteiger partial charge in [0.25, 0.3) is 0 Å². The maximum absolute atomic E-state index is 14.8. The topological polar surface area (TPSA) is 61.9 Å². The maximum atomic E-state index is 14.8. The van der Waals surface area contributed by atoms with Gasteiger partial charge < -0.3 is 0 Å². The molecule has 1 saturated heterocycles. The van der Waals surface area contributed by atoms with Gasteiger partial charge in [-0.25, -0.2) is 8.78 Å².